The van der Waals surface area contributed by atoms with Crippen LogP contribution >= 0.6 is 0 Å². The van der Waals surface area contributed by atoms with Gasteiger partial charge < -0.3 is 19.1 Å². The summed E-state index contributed by atoms with van der Waals surface area (Å²) in [6.45, 7) is 1.79. The minimum absolute atomic E-state index is 0.0145. The molecule has 0 fully saturated rings. The quantitative estimate of drug-likeness (QED) is 0.459. The molecule has 0 saturated heterocycles. The summed E-state index contributed by atoms with van der Waals surface area (Å²) in [6, 6.07) is 19.0. The molecule has 0 saturated carbocycles. The number of rotatable bonds is 6. The Balaban J connectivity index is 1.31. The number of sulfonamides is 1. The smallest absolute Gasteiger partial charge is 0.348 e. The highest BCUT2D eigenvalue weighted by atomic mass is 32.2. The van der Waals surface area contributed by atoms with Gasteiger partial charge in [0, 0.05) is 6.54 Å². The molecule has 0 radical (unpaired) electrons. The molecule has 2 aliphatic rings. The summed E-state index contributed by atoms with van der Waals surface area (Å²) in [7, 11) is -2.48. The van der Waals surface area contributed by atoms with Crippen molar-refractivity contribution in [2.24, 2.45) is 0 Å². The zero-order valence-corrected chi connectivity index (χ0v) is 21.2. The Bertz CT molecular complexity index is 1470. The number of hydrogen-bond donors (Lipinski definition) is 0. The summed E-state index contributed by atoms with van der Waals surface area (Å²) in [4.78, 5) is 26.8. The van der Waals surface area contributed by atoms with Gasteiger partial charge in [0.2, 0.25) is 6.10 Å². The second-order valence-electron chi connectivity index (χ2n) is 8.77. The number of ether oxygens (including phenoxy) is 3. The number of benzene rings is 3. The van der Waals surface area contributed by atoms with Gasteiger partial charge in [0.25, 0.3) is 15.9 Å². The number of anilines is 2. The van der Waals surface area contributed by atoms with E-state index in [1.165, 1.54) is 22.4 Å². The van der Waals surface area contributed by atoms with Crippen LogP contribution in [-0.4, -0.2) is 53.2 Å². The van der Waals surface area contributed by atoms with E-state index >= 15 is 0 Å². The Morgan fingerprint density at radius 1 is 1.03 bits per heavy atom. The molecule has 0 aromatic heterocycles. The molecule has 192 valence electrons. The van der Waals surface area contributed by atoms with E-state index < -0.39 is 22.1 Å². The van der Waals surface area contributed by atoms with Gasteiger partial charge in [0.05, 0.1) is 29.9 Å². The molecule has 3 aromatic rings. The van der Waals surface area contributed by atoms with E-state index in [9.17, 15) is 18.0 Å². The van der Waals surface area contributed by atoms with Crippen molar-refractivity contribution in [2.75, 3.05) is 36.0 Å². The third-order valence-corrected chi connectivity index (χ3v) is 8.28. The van der Waals surface area contributed by atoms with Crippen LogP contribution in [-0.2, 0) is 30.8 Å². The first-order valence-corrected chi connectivity index (χ1v) is 13.2. The molecule has 10 heteroatoms. The average molecular weight is 523 g/mol. The number of amides is 1. The van der Waals surface area contributed by atoms with Crippen LogP contribution in [0.2, 0.25) is 0 Å². The summed E-state index contributed by atoms with van der Waals surface area (Å²) in [6.07, 6.45) is -0.287. The fourth-order valence-electron chi connectivity index (χ4n) is 4.57. The minimum atomic E-state index is -3.75. The zero-order chi connectivity index (χ0) is 26.2. The zero-order valence-electron chi connectivity index (χ0n) is 20.4. The molecule has 1 amide bonds. The molecular weight excluding hydrogens is 496 g/mol. The number of methoxy groups -OCH3 is 1. The fraction of sp³-hybridized carbons (Fsp3) is 0.259. The van der Waals surface area contributed by atoms with E-state index in [4.69, 9.17) is 14.2 Å². The van der Waals surface area contributed by atoms with Gasteiger partial charge in [0.1, 0.15) is 11.5 Å². The molecule has 9 nitrogen and oxygen atoms in total. The predicted molar refractivity (Wildman–Crippen MR) is 137 cm³/mol. The summed E-state index contributed by atoms with van der Waals surface area (Å²) in [5, 5.41) is 0. The van der Waals surface area contributed by atoms with Crippen LogP contribution in [0.25, 0.3) is 0 Å². The average Bonchev–Trinajstić information content (AvgIpc) is 3.36. The van der Waals surface area contributed by atoms with Crippen molar-refractivity contribution in [2.45, 2.75) is 24.3 Å². The van der Waals surface area contributed by atoms with Gasteiger partial charge in [-0.3, -0.25) is 9.10 Å². The lowest BCUT2D eigenvalue weighted by molar-refractivity contribution is -0.148. The summed E-state index contributed by atoms with van der Waals surface area (Å²) < 4.78 is 44.4. The third kappa shape index (κ3) is 4.60. The molecule has 2 aliphatic heterocycles. The van der Waals surface area contributed by atoms with E-state index in [1.54, 1.807) is 43.3 Å². The van der Waals surface area contributed by atoms with E-state index in [0.717, 1.165) is 5.56 Å². The lowest BCUT2D eigenvalue weighted by Gasteiger charge is -2.33. The van der Waals surface area contributed by atoms with Crippen molar-refractivity contribution in [1.82, 2.24) is 0 Å². The maximum atomic E-state index is 13.3. The molecule has 0 N–H and O–H groups in total. The maximum absolute atomic E-state index is 13.3. The normalized spacial score (nSPS) is 16.4. The van der Waals surface area contributed by atoms with Crippen LogP contribution in [0.4, 0.5) is 11.4 Å². The van der Waals surface area contributed by atoms with Gasteiger partial charge >= 0.3 is 5.97 Å². The van der Waals surface area contributed by atoms with Crippen LogP contribution in [0, 0.1) is 6.92 Å². The molecule has 0 aliphatic carbocycles. The SMILES string of the molecule is COC(=O)[C@@H]1CN(C(=O)COc2ccc(S(=O)(=O)N3CCc4ccccc43)cc2C)c2ccccc2O1. The lowest BCUT2D eigenvalue weighted by atomic mass is 10.2. The van der Waals surface area contributed by atoms with E-state index in [0.29, 0.717) is 41.4 Å². The Kier molecular flexibility index (Phi) is 6.51. The third-order valence-electron chi connectivity index (χ3n) is 6.47. The second-order valence-corrected chi connectivity index (χ2v) is 10.6. The number of carbonyl (C=O) groups excluding carboxylic acids is 2. The predicted octanol–water partition coefficient (Wildman–Crippen LogP) is 3.09. The maximum Gasteiger partial charge on any atom is 0.348 e. The molecule has 0 unspecified atom stereocenters. The number of aryl methyl sites for hydroxylation is 1. The van der Waals surface area contributed by atoms with Gasteiger partial charge in [-0.05, 0) is 60.9 Å². The molecule has 5 rings (SSSR count). The number of nitrogens with zero attached hydrogens (tertiary/aromatic N) is 2. The highest BCUT2D eigenvalue weighted by Gasteiger charge is 2.35. The van der Waals surface area contributed by atoms with E-state index in [2.05, 4.69) is 0 Å². The number of carbonyl (C=O) groups is 2. The number of hydrogen-bond acceptors (Lipinski definition) is 7. The van der Waals surface area contributed by atoms with Crippen molar-refractivity contribution in [3.63, 3.8) is 0 Å². The molecule has 0 bridgehead atoms. The second kappa shape index (κ2) is 9.78. The molecule has 3 aromatic carbocycles. The summed E-state index contributed by atoms with van der Waals surface area (Å²) in [5.41, 5.74) is 2.80. The molecule has 1 atom stereocenters. The van der Waals surface area contributed by atoms with Gasteiger partial charge in [-0.25, -0.2) is 13.2 Å². The Morgan fingerprint density at radius 3 is 2.51 bits per heavy atom. The first kappa shape index (κ1) is 24.6. The number of esters is 1. The van der Waals surface area contributed by atoms with Crippen molar-refractivity contribution in [3.05, 3.63) is 77.9 Å². The van der Waals surface area contributed by atoms with Crippen LogP contribution in [0.3, 0.4) is 0 Å². The highest BCUT2D eigenvalue weighted by molar-refractivity contribution is 7.92. The molecular formula is C27H26N2O7S. The molecule has 0 spiro atoms. The molecule has 37 heavy (non-hydrogen) atoms. The van der Waals surface area contributed by atoms with Crippen LogP contribution in [0.1, 0.15) is 11.1 Å². The van der Waals surface area contributed by atoms with Gasteiger partial charge in [-0.2, -0.15) is 0 Å². The first-order chi connectivity index (χ1) is 17.8. The van der Waals surface area contributed by atoms with E-state index in [1.807, 2.05) is 24.3 Å². The topological polar surface area (TPSA) is 102 Å². The fourth-order valence-corrected chi connectivity index (χ4v) is 6.16. The van der Waals surface area contributed by atoms with Crippen LogP contribution in [0.5, 0.6) is 11.5 Å². The Morgan fingerprint density at radius 2 is 1.76 bits per heavy atom. The van der Waals surface area contributed by atoms with Gasteiger partial charge in [0.15, 0.2) is 6.61 Å². The van der Waals surface area contributed by atoms with Gasteiger partial charge in [-0.1, -0.05) is 30.3 Å². The minimum Gasteiger partial charge on any atom is -0.483 e. The standard InChI is InChI=1S/C27H26N2O7S/c1-18-15-20(37(32,33)29-14-13-19-7-3-4-8-21(19)29)11-12-23(18)35-17-26(30)28-16-25(27(31)34-2)36-24-10-6-5-9-22(24)28/h3-12,15,25H,13-14,16-17H2,1-2H3/t25-/m0/s1. The largest absolute Gasteiger partial charge is 0.483 e. The van der Waals surface area contributed by atoms with Crippen molar-refractivity contribution in [1.29, 1.82) is 0 Å². The number of fused-ring (bicyclic) bond motifs is 2. The highest BCUT2D eigenvalue weighted by Crippen LogP contribution is 2.35. The summed E-state index contributed by atoms with van der Waals surface area (Å²) >= 11 is 0. The first-order valence-electron chi connectivity index (χ1n) is 11.8. The number of para-hydroxylation sites is 3. The van der Waals surface area contributed by atoms with E-state index in [-0.39, 0.29) is 24.0 Å². The van der Waals surface area contributed by atoms with Crippen LogP contribution < -0.4 is 18.7 Å². The van der Waals surface area contributed by atoms with Crippen molar-refractivity contribution < 1.29 is 32.2 Å². The summed E-state index contributed by atoms with van der Waals surface area (Å²) in [5.74, 6) is -0.178. The monoisotopic (exact) mass is 522 g/mol. The van der Waals surface area contributed by atoms with Gasteiger partial charge in [-0.15, -0.1) is 0 Å². The lowest BCUT2D eigenvalue weighted by Crippen LogP contribution is -2.48. The Labute approximate surface area is 215 Å². The Hall–Kier alpha value is -4.05. The van der Waals surface area contributed by atoms with Crippen molar-refractivity contribution >= 4 is 33.3 Å². The van der Waals surface area contributed by atoms with Crippen LogP contribution in [0.15, 0.2) is 71.6 Å². The molecule has 2 heterocycles. The van der Waals surface area contributed by atoms with Crippen molar-refractivity contribution in [3.8, 4) is 11.5 Å².